The summed E-state index contributed by atoms with van der Waals surface area (Å²) in [6.07, 6.45) is 3.90. The molecule has 1 aromatic carbocycles. The van der Waals surface area contributed by atoms with Crippen molar-refractivity contribution >= 4 is 43.9 Å². The smallest absolute Gasteiger partial charge is 0.226 e. The first-order chi connectivity index (χ1) is 11.1. The Bertz CT molecular complexity index is 764. The van der Waals surface area contributed by atoms with Crippen LogP contribution >= 0.6 is 22.7 Å². The number of benzene rings is 1. The van der Waals surface area contributed by atoms with E-state index in [0.29, 0.717) is 11.6 Å². The van der Waals surface area contributed by atoms with Gasteiger partial charge in [-0.05, 0) is 24.0 Å². The van der Waals surface area contributed by atoms with E-state index in [0.717, 1.165) is 23.4 Å². The monoisotopic (exact) mass is 345 g/mol. The summed E-state index contributed by atoms with van der Waals surface area (Å²) in [7, 11) is 0. The highest BCUT2D eigenvalue weighted by atomic mass is 32.1. The second-order valence-corrected chi connectivity index (χ2v) is 7.99. The van der Waals surface area contributed by atoms with Gasteiger partial charge in [0.05, 0.1) is 15.2 Å². The predicted octanol–water partition coefficient (Wildman–Crippen LogP) is 4.74. The van der Waals surface area contributed by atoms with Crippen LogP contribution in [0, 0.1) is 5.41 Å². The molecule has 0 aliphatic carbocycles. The molecule has 0 radical (unpaired) electrons. The molecular weight excluding hydrogens is 326 g/mol. The molecule has 6 heteroatoms. The third-order valence-corrected chi connectivity index (χ3v) is 5.76. The Morgan fingerprint density at radius 2 is 2.17 bits per heavy atom. The average Bonchev–Trinajstić information content (AvgIpc) is 3.15. The number of anilines is 1. The van der Waals surface area contributed by atoms with E-state index in [1.165, 1.54) is 16.0 Å². The van der Waals surface area contributed by atoms with Gasteiger partial charge in [0.25, 0.3) is 0 Å². The van der Waals surface area contributed by atoms with E-state index >= 15 is 0 Å². The van der Waals surface area contributed by atoms with Crippen molar-refractivity contribution < 1.29 is 4.79 Å². The fraction of sp³-hybridized carbons (Fsp3) is 0.353. The van der Waals surface area contributed by atoms with Crippen LogP contribution in [0.4, 0.5) is 5.13 Å². The molecule has 23 heavy (non-hydrogen) atoms. The van der Waals surface area contributed by atoms with Crippen molar-refractivity contribution in [2.24, 2.45) is 5.41 Å². The van der Waals surface area contributed by atoms with E-state index in [4.69, 9.17) is 4.98 Å². The summed E-state index contributed by atoms with van der Waals surface area (Å²) in [5, 5.41) is 6.49. The van der Waals surface area contributed by atoms with Crippen molar-refractivity contribution in [2.45, 2.75) is 33.1 Å². The topological polar surface area (TPSA) is 54.9 Å². The molecule has 1 atom stereocenters. The summed E-state index contributed by atoms with van der Waals surface area (Å²) >= 11 is 3.16. The highest BCUT2D eigenvalue weighted by molar-refractivity contribution is 7.18. The van der Waals surface area contributed by atoms with Crippen LogP contribution in [0.1, 0.15) is 31.7 Å². The summed E-state index contributed by atoms with van der Waals surface area (Å²) in [6, 6.07) is 8.17. The van der Waals surface area contributed by atoms with Crippen LogP contribution < -0.4 is 5.32 Å². The lowest BCUT2D eigenvalue weighted by atomic mass is 9.80. The number of carbonyl (C=O) groups excluding carboxylic acids is 1. The third-order valence-electron chi connectivity index (χ3n) is 4.04. The summed E-state index contributed by atoms with van der Waals surface area (Å²) in [4.78, 5) is 21.1. The van der Waals surface area contributed by atoms with Crippen molar-refractivity contribution in [3.05, 3.63) is 40.8 Å². The zero-order valence-corrected chi connectivity index (χ0v) is 14.8. The highest BCUT2D eigenvalue weighted by Crippen LogP contribution is 2.34. The van der Waals surface area contributed by atoms with Gasteiger partial charge in [0.2, 0.25) is 5.91 Å². The van der Waals surface area contributed by atoms with Crippen LogP contribution in [0.3, 0.4) is 0 Å². The number of aromatic nitrogens is 2. The highest BCUT2D eigenvalue weighted by Gasteiger charge is 2.28. The number of amides is 1. The number of carbonyl (C=O) groups is 1. The van der Waals surface area contributed by atoms with Gasteiger partial charge in [0, 0.05) is 24.4 Å². The van der Waals surface area contributed by atoms with E-state index < -0.39 is 0 Å². The maximum atomic E-state index is 12.3. The molecule has 0 aliphatic rings. The van der Waals surface area contributed by atoms with Gasteiger partial charge in [-0.3, -0.25) is 4.79 Å². The molecule has 1 N–H and O–H groups in total. The number of thiazole rings is 2. The third kappa shape index (κ3) is 3.95. The van der Waals surface area contributed by atoms with Crippen LogP contribution in [0.15, 0.2) is 35.8 Å². The first-order valence-corrected chi connectivity index (χ1v) is 9.31. The Hall–Kier alpha value is -1.79. The van der Waals surface area contributed by atoms with Crippen molar-refractivity contribution in [1.82, 2.24) is 9.97 Å². The molecule has 2 heterocycles. The molecule has 0 spiro atoms. The predicted molar refractivity (Wildman–Crippen MR) is 97.1 cm³/mol. The number of nitrogens with one attached hydrogen (secondary N) is 1. The lowest BCUT2D eigenvalue weighted by Gasteiger charge is -2.26. The zero-order valence-electron chi connectivity index (χ0n) is 13.2. The number of hydrogen-bond acceptors (Lipinski definition) is 5. The van der Waals surface area contributed by atoms with Gasteiger partial charge in [-0.2, -0.15) is 0 Å². The van der Waals surface area contributed by atoms with Gasteiger partial charge in [-0.15, -0.1) is 22.7 Å². The minimum atomic E-state index is -0.102. The normalized spacial score (nSPS) is 13.8. The van der Waals surface area contributed by atoms with E-state index in [9.17, 15) is 4.79 Å². The summed E-state index contributed by atoms with van der Waals surface area (Å²) < 4.78 is 1.20. The Balaban J connectivity index is 1.70. The Morgan fingerprint density at radius 3 is 2.87 bits per heavy atom. The molecule has 120 valence electrons. The second-order valence-electron chi connectivity index (χ2n) is 5.98. The summed E-state index contributed by atoms with van der Waals surface area (Å²) in [5.41, 5.74) is 0.938. The molecule has 0 aliphatic heterocycles. The van der Waals surface area contributed by atoms with Gasteiger partial charge < -0.3 is 5.32 Å². The molecule has 0 saturated heterocycles. The average molecular weight is 345 g/mol. The molecule has 1 amide bonds. The molecule has 4 nitrogen and oxygen atoms in total. The van der Waals surface area contributed by atoms with Crippen LogP contribution in [0.2, 0.25) is 0 Å². The number of hydrogen-bond donors (Lipinski definition) is 1. The summed E-state index contributed by atoms with van der Waals surface area (Å²) in [5.74, 6) is 0.0189. The van der Waals surface area contributed by atoms with Crippen molar-refractivity contribution in [3.8, 4) is 0 Å². The lowest BCUT2D eigenvalue weighted by Crippen LogP contribution is -2.26. The molecule has 0 bridgehead atoms. The van der Waals surface area contributed by atoms with Gasteiger partial charge in [0.1, 0.15) is 0 Å². The van der Waals surface area contributed by atoms with Gasteiger partial charge in [-0.25, -0.2) is 9.97 Å². The quantitative estimate of drug-likeness (QED) is 0.702. The summed E-state index contributed by atoms with van der Waals surface area (Å²) in [6.45, 7) is 4.28. The van der Waals surface area contributed by atoms with Crippen LogP contribution in [0.5, 0.6) is 0 Å². The first kappa shape index (κ1) is 16.1. The van der Waals surface area contributed by atoms with Gasteiger partial charge in [-0.1, -0.05) is 26.0 Å². The fourth-order valence-electron chi connectivity index (χ4n) is 2.51. The molecule has 3 aromatic rings. The first-order valence-electron chi connectivity index (χ1n) is 7.62. The standard InChI is InChI=1S/C17H19N3OS2/c1-3-17(2,10-14(21)20-16-18-8-9-22-16)11-15-19-12-6-4-5-7-13(12)23-15/h4-9H,3,10-11H2,1-2H3,(H,18,20,21). The Morgan fingerprint density at radius 1 is 1.35 bits per heavy atom. The van der Waals surface area contributed by atoms with Crippen molar-refractivity contribution in [1.29, 1.82) is 0 Å². The number of para-hydroxylation sites is 1. The Kier molecular flexibility index (Phi) is 4.73. The van der Waals surface area contributed by atoms with Crippen molar-refractivity contribution in [3.63, 3.8) is 0 Å². The lowest BCUT2D eigenvalue weighted by molar-refractivity contribution is -0.118. The van der Waals surface area contributed by atoms with Gasteiger partial charge in [0.15, 0.2) is 5.13 Å². The maximum absolute atomic E-state index is 12.3. The number of fused-ring (bicyclic) bond motifs is 1. The zero-order chi connectivity index (χ0) is 16.3. The maximum Gasteiger partial charge on any atom is 0.226 e. The van der Waals surface area contributed by atoms with Crippen LogP contribution in [-0.2, 0) is 11.2 Å². The molecule has 0 saturated carbocycles. The minimum absolute atomic E-state index is 0.0189. The molecule has 2 aromatic heterocycles. The van der Waals surface area contributed by atoms with E-state index in [1.807, 2.05) is 23.6 Å². The van der Waals surface area contributed by atoms with E-state index in [-0.39, 0.29) is 11.3 Å². The van der Waals surface area contributed by atoms with E-state index in [2.05, 4.69) is 30.2 Å². The van der Waals surface area contributed by atoms with Gasteiger partial charge >= 0.3 is 0 Å². The second kappa shape index (κ2) is 6.76. The van der Waals surface area contributed by atoms with E-state index in [1.54, 1.807) is 17.5 Å². The fourth-order valence-corrected chi connectivity index (χ4v) is 4.24. The molecule has 1 unspecified atom stereocenters. The SMILES string of the molecule is CCC(C)(CC(=O)Nc1nccs1)Cc1nc2ccccc2s1. The number of nitrogens with zero attached hydrogens (tertiary/aromatic N) is 2. The minimum Gasteiger partial charge on any atom is -0.302 e. The van der Waals surface area contributed by atoms with Crippen LogP contribution in [-0.4, -0.2) is 15.9 Å². The van der Waals surface area contributed by atoms with Crippen LogP contribution in [0.25, 0.3) is 10.2 Å². The van der Waals surface area contributed by atoms with Crippen molar-refractivity contribution in [2.75, 3.05) is 5.32 Å². The largest absolute Gasteiger partial charge is 0.302 e. The molecular formula is C17H19N3OS2. The Labute approximate surface area is 143 Å². The molecule has 0 fully saturated rings. The number of rotatable bonds is 6. The molecule has 3 rings (SSSR count).